The van der Waals surface area contributed by atoms with Crippen LogP contribution >= 0.6 is 0 Å². The van der Waals surface area contributed by atoms with Crippen LogP contribution in [0.3, 0.4) is 0 Å². The first-order chi connectivity index (χ1) is 17.4. The molecule has 0 unspecified atom stereocenters. The molecule has 0 fully saturated rings. The molecule has 0 saturated heterocycles. The minimum Gasteiger partial charge on any atom is -0.380 e. The fraction of sp³-hybridized carbons (Fsp3) is 0.125. The molecule has 0 saturated carbocycles. The molecule has 182 valence electrons. The zero-order valence-electron chi connectivity index (χ0n) is 20.5. The van der Waals surface area contributed by atoms with Crippen LogP contribution in [0.25, 0.3) is 44.5 Å². The lowest BCUT2D eigenvalue weighted by atomic mass is 9.96. The molecule has 36 heavy (non-hydrogen) atoms. The summed E-state index contributed by atoms with van der Waals surface area (Å²) in [6.45, 7) is 8.88. The van der Waals surface area contributed by atoms with Gasteiger partial charge in [0.15, 0.2) is 0 Å². The number of ether oxygens (including phenoxy) is 2. The van der Waals surface area contributed by atoms with Gasteiger partial charge in [0.1, 0.15) is 11.6 Å². The number of halogens is 2. The summed E-state index contributed by atoms with van der Waals surface area (Å²) in [5.41, 5.74) is 7.29. The predicted molar refractivity (Wildman–Crippen MR) is 144 cm³/mol. The molecular formula is C32H28F2O2. The summed E-state index contributed by atoms with van der Waals surface area (Å²) in [6.07, 6.45) is 0. The van der Waals surface area contributed by atoms with Crippen LogP contribution in [0.2, 0.25) is 0 Å². The summed E-state index contributed by atoms with van der Waals surface area (Å²) >= 11 is 0. The van der Waals surface area contributed by atoms with E-state index in [0.29, 0.717) is 29.9 Å². The smallest absolute Gasteiger partial charge is 0.131 e. The molecule has 0 aliphatic rings. The SMILES string of the molecule is C=C(COC)c1ccc(-c2ccc(-c3ccc(-c4ccc(C(=C)COC)cc4)c(F)c3)c(F)c2)cc1. The van der Waals surface area contributed by atoms with Crippen molar-refractivity contribution in [1.29, 1.82) is 0 Å². The van der Waals surface area contributed by atoms with Gasteiger partial charge in [0, 0.05) is 25.3 Å². The van der Waals surface area contributed by atoms with Crippen LogP contribution in [0.5, 0.6) is 0 Å². The van der Waals surface area contributed by atoms with Crippen molar-refractivity contribution in [3.8, 4) is 33.4 Å². The number of methoxy groups -OCH3 is 2. The van der Waals surface area contributed by atoms with Gasteiger partial charge in [-0.3, -0.25) is 0 Å². The molecule has 0 N–H and O–H groups in total. The van der Waals surface area contributed by atoms with Crippen molar-refractivity contribution in [2.24, 2.45) is 0 Å². The van der Waals surface area contributed by atoms with E-state index in [-0.39, 0.29) is 0 Å². The molecule has 0 radical (unpaired) electrons. The summed E-state index contributed by atoms with van der Waals surface area (Å²) in [5.74, 6) is -0.820. The Labute approximate surface area is 211 Å². The fourth-order valence-electron chi connectivity index (χ4n) is 4.14. The second kappa shape index (κ2) is 11.3. The highest BCUT2D eigenvalue weighted by Crippen LogP contribution is 2.32. The van der Waals surface area contributed by atoms with Crippen molar-refractivity contribution in [1.82, 2.24) is 0 Å². The molecule has 4 heteroatoms. The molecule has 0 aliphatic carbocycles. The Balaban J connectivity index is 1.55. The van der Waals surface area contributed by atoms with E-state index in [1.807, 2.05) is 54.6 Å². The first-order valence-corrected chi connectivity index (χ1v) is 11.6. The maximum Gasteiger partial charge on any atom is 0.131 e. The maximum absolute atomic E-state index is 15.1. The van der Waals surface area contributed by atoms with Crippen LogP contribution in [0.4, 0.5) is 8.78 Å². The first kappa shape index (κ1) is 25.2. The minimum atomic E-state index is -0.411. The van der Waals surface area contributed by atoms with Gasteiger partial charge in [-0.25, -0.2) is 8.78 Å². The second-order valence-corrected chi connectivity index (χ2v) is 8.62. The molecule has 0 bridgehead atoms. The van der Waals surface area contributed by atoms with E-state index in [2.05, 4.69) is 13.2 Å². The average molecular weight is 483 g/mol. The second-order valence-electron chi connectivity index (χ2n) is 8.62. The number of hydrogen-bond donors (Lipinski definition) is 0. The molecule has 0 amide bonds. The molecule has 4 aromatic carbocycles. The molecule has 0 heterocycles. The van der Waals surface area contributed by atoms with E-state index in [9.17, 15) is 0 Å². The van der Waals surface area contributed by atoms with Gasteiger partial charge in [-0.1, -0.05) is 86.0 Å². The van der Waals surface area contributed by atoms with Gasteiger partial charge in [0.05, 0.1) is 13.2 Å². The third-order valence-electron chi connectivity index (χ3n) is 6.12. The topological polar surface area (TPSA) is 18.5 Å². The van der Waals surface area contributed by atoms with Gasteiger partial charge in [-0.2, -0.15) is 0 Å². The Kier molecular flexibility index (Phi) is 7.89. The Hall–Kier alpha value is -3.86. The minimum absolute atomic E-state index is 0.348. The van der Waals surface area contributed by atoms with Crippen molar-refractivity contribution in [3.05, 3.63) is 121 Å². The summed E-state index contributed by atoms with van der Waals surface area (Å²) in [5, 5.41) is 0. The standard InChI is InChI=1S/C32H28F2O2/c1-21(19-35-3)23-5-9-25(10-6-23)27-13-15-30(31(33)17-27)28-14-16-29(32(34)18-28)26-11-7-24(8-12-26)22(2)20-36-4/h5-18H,1-2,19-20H2,3-4H3. The van der Waals surface area contributed by atoms with Gasteiger partial charge < -0.3 is 9.47 Å². The number of benzene rings is 4. The van der Waals surface area contributed by atoms with E-state index in [1.165, 1.54) is 12.1 Å². The van der Waals surface area contributed by atoms with Crippen LogP contribution in [-0.2, 0) is 9.47 Å². The third-order valence-corrected chi connectivity index (χ3v) is 6.12. The monoisotopic (exact) mass is 482 g/mol. The normalized spacial score (nSPS) is 10.9. The molecule has 0 spiro atoms. The van der Waals surface area contributed by atoms with Crippen LogP contribution in [0.1, 0.15) is 11.1 Å². The van der Waals surface area contributed by atoms with Gasteiger partial charge in [0.25, 0.3) is 0 Å². The number of rotatable bonds is 9. The third kappa shape index (κ3) is 5.51. The van der Waals surface area contributed by atoms with Crippen LogP contribution in [0, 0.1) is 11.6 Å². The molecule has 0 atom stereocenters. The highest BCUT2D eigenvalue weighted by atomic mass is 19.1. The van der Waals surface area contributed by atoms with Crippen molar-refractivity contribution in [2.45, 2.75) is 0 Å². The summed E-state index contributed by atoms with van der Waals surface area (Å²) < 4.78 is 40.4. The lowest BCUT2D eigenvalue weighted by Crippen LogP contribution is -1.93. The Morgan fingerprint density at radius 2 is 0.944 bits per heavy atom. The summed E-state index contributed by atoms with van der Waals surface area (Å²) in [7, 11) is 3.24. The quantitative estimate of drug-likeness (QED) is 0.239. The van der Waals surface area contributed by atoms with Gasteiger partial charge in [0.2, 0.25) is 0 Å². The molecule has 0 aromatic heterocycles. The largest absolute Gasteiger partial charge is 0.380 e. The maximum atomic E-state index is 15.1. The molecule has 0 aliphatic heterocycles. The van der Waals surface area contributed by atoms with Gasteiger partial charge in [-0.05, 0) is 56.7 Å². The van der Waals surface area contributed by atoms with Crippen LogP contribution in [0.15, 0.2) is 98.1 Å². The van der Waals surface area contributed by atoms with E-state index in [4.69, 9.17) is 9.47 Å². The predicted octanol–water partition coefficient (Wildman–Crippen LogP) is 8.29. The van der Waals surface area contributed by atoms with Crippen molar-refractivity contribution in [2.75, 3.05) is 27.4 Å². The van der Waals surface area contributed by atoms with Gasteiger partial charge in [-0.15, -0.1) is 0 Å². The molecule has 4 aromatic rings. The van der Waals surface area contributed by atoms with Crippen molar-refractivity contribution >= 4 is 11.1 Å². The molecular weight excluding hydrogens is 454 g/mol. The highest BCUT2D eigenvalue weighted by Gasteiger charge is 2.12. The van der Waals surface area contributed by atoms with Gasteiger partial charge >= 0.3 is 0 Å². The average Bonchev–Trinajstić information content (AvgIpc) is 2.89. The number of hydrogen-bond acceptors (Lipinski definition) is 2. The van der Waals surface area contributed by atoms with E-state index < -0.39 is 11.6 Å². The van der Waals surface area contributed by atoms with E-state index in [1.54, 1.807) is 32.4 Å². The van der Waals surface area contributed by atoms with Crippen LogP contribution in [-0.4, -0.2) is 27.4 Å². The summed E-state index contributed by atoms with van der Waals surface area (Å²) in [4.78, 5) is 0. The van der Waals surface area contributed by atoms with E-state index in [0.717, 1.165) is 39.0 Å². The zero-order chi connectivity index (χ0) is 25.7. The summed E-state index contributed by atoms with van der Waals surface area (Å²) in [6, 6.07) is 25.0. The Morgan fingerprint density at radius 1 is 0.556 bits per heavy atom. The lowest BCUT2D eigenvalue weighted by Gasteiger charge is -2.11. The fourth-order valence-corrected chi connectivity index (χ4v) is 4.14. The van der Waals surface area contributed by atoms with Crippen molar-refractivity contribution < 1.29 is 18.3 Å². The van der Waals surface area contributed by atoms with Crippen LogP contribution < -0.4 is 0 Å². The molecule has 2 nitrogen and oxygen atoms in total. The zero-order valence-corrected chi connectivity index (χ0v) is 20.5. The lowest BCUT2D eigenvalue weighted by molar-refractivity contribution is 0.240. The Morgan fingerprint density at radius 3 is 1.42 bits per heavy atom. The highest BCUT2D eigenvalue weighted by molar-refractivity contribution is 5.76. The first-order valence-electron chi connectivity index (χ1n) is 11.6. The Bertz CT molecular complexity index is 1390. The van der Waals surface area contributed by atoms with Crippen molar-refractivity contribution in [3.63, 3.8) is 0 Å². The molecule has 4 rings (SSSR count). The van der Waals surface area contributed by atoms with E-state index >= 15 is 8.78 Å².